The van der Waals surface area contributed by atoms with E-state index in [1.807, 2.05) is 6.92 Å². The highest BCUT2D eigenvalue weighted by molar-refractivity contribution is 4.98. The van der Waals surface area contributed by atoms with Gasteiger partial charge in [-0.05, 0) is 12.3 Å². The highest BCUT2D eigenvalue weighted by Gasteiger charge is 2.31. The van der Waals surface area contributed by atoms with E-state index in [0.29, 0.717) is 24.9 Å². The highest BCUT2D eigenvalue weighted by Crippen LogP contribution is 2.34. The van der Waals surface area contributed by atoms with Crippen molar-refractivity contribution < 1.29 is 14.0 Å². The lowest BCUT2D eigenvalue weighted by molar-refractivity contribution is -0.0203. The summed E-state index contributed by atoms with van der Waals surface area (Å²) in [6.45, 7) is 9.08. The van der Waals surface area contributed by atoms with E-state index in [1.165, 1.54) is 0 Å². The molecule has 18 heavy (non-hydrogen) atoms. The number of ether oxygens (including phenoxy) is 2. The van der Waals surface area contributed by atoms with Gasteiger partial charge in [0.15, 0.2) is 0 Å². The van der Waals surface area contributed by atoms with Crippen LogP contribution < -0.4 is 5.73 Å². The SMILES string of the molecule is CCOC(c1noc(C(N)COC)n1)C(C)(C)C. The minimum atomic E-state index is -0.404. The summed E-state index contributed by atoms with van der Waals surface area (Å²) in [4.78, 5) is 4.31. The average Bonchev–Trinajstić information content (AvgIpc) is 2.73. The molecule has 1 aromatic rings. The number of hydrogen-bond donors (Lipinski definition) is 1. The molecule has 0 saturated heterocycles. The molecule has 0 aliphatic heterocycles. The number of nitrogens with zero attached hydrogens (tertiary/aromatic N) is 2. The Balaban J connectivity index is 2.87. The molecule has 0 radical (unpaired) electrons. The fraction of sp³-hybridized carbons (Fsp3) is 0.833. The van der Waals surface area contributed by atoms with E-state index in [4.69, 9.17) is 19.7 Å². The molecule has 2 atom stereocenters. The summed E-state index contributed by atoms with van der Waals surface area (Å²) in [6, 6.07) is -0.404. The van der Waals surface area contributed by atoms with Crippen LogP contribution in [0.25, 0.3) is 0 Å². The molecular weight excluding hydrogens is 234 g/mol. The lowest BCUT2D eigenvalue weighted by Crippen LogP contribution is -2.23. The highest BCUT2D eigenvalue weighted by atomic mass is 16.5. The zero-order valence-electron chi connectivity index (χ0n) is 11.8. The van der Waals surface area contributed by atoms with Crippen LogP contribution in [-0.2, 0) is 9.47 Å². The molecule has 6 heteroatoms. The molecule has 0 spiro atoms. The Kier molecular flexibility index (Phi) is 5.25. The Morgan fingerprint density at radius 2 is 2.06 bits per heavy atom. The van der Waals surface area contributed by atoms with Crippen molar-refractivity contribution in [1.29, 1.82) is 0 Å². The van der Waals surface area contributed by atoms with Gasteiger partial charge in [-0.1, -0.05) is 25.9 Å². The third kappa shape index (κ3) is 3.76. The Bertz CT molecular complexity index is 360. The van der Waals surface area contributed by atoms with Crippen LogP contribution in [0.3, 0.4) is 0 Å². The van der Waals surface area contributed by atoms with Crippen molar-refractivity contribution in [1.82, 2.24) is 10.1 Å². The lowest BCUT2D eigenvalue weighted by Gasteiger charge is -2.27. The van der Waals surface area contributed by atoms with Crippen LogP contribution in [0.5, 0.6) is 0 Å². The van der Waals surface area contributed by atoms with Gasteiger partial charge >= 0.3 is 0 Å². The second-order valence-electron chi connectivity index (χ2n) is 5.25. The first-order valence-corrected chi connectivity index (χ1v) is 6.09. The van der Waals surface area contributed by atoms with E-state index in [-0.39, 0.29) is 11.5 Å². The van der Waals surface area contributed by atoms with Crippen molar-refractivity contribution in [3.05, 3.63) is 11.7 Å². The van der Waals surface area contributed by atoms with Crippen molar-refractivity contribution in [3.8, 4) is 0 Å². The summed E-state index contributed by atoms with van der Waals surface area (Å²) in [5.74, 6) is 0.909. The van der Waals surface area contributed by atoms with Crippen molar-refractivity contribution >= 4 is 0 Å². The number of hydrogen-bond acceptors (Lipinski definition) is 6. The second kappa shape index (κ2) is 6.26. The van der Waals surface area contributed by atoms with E-state index >= 15 is 0 Å². The van der Waals surface area contributed by atoms with Crippen LogP contribution in [0.15, 0.2) is 4.52 Å². The molecule has 2 N–H and O–H groups in total. The van der Waals surface area contributed by atoms with Crippen molar-refractivity contribution in [2.75, 3.05) is 20.3 Å². The minimum absolute atomic E-state index is 0.109. The van der Waals surface area contributed by atoms with Crippen LogP contribution in [0, 0.1) is 5.41 Å². The van der Waals surface area contributed by atoms with E-state index < -0.39 is 6.04 Å². The molecule has 1 heterocycles. The summed E-state index contributed by atoms with van der Waals surface area (Å²) in [5.41, 5.74) is 5.73. The van der Waals surface area contributed by atoms with Gasteiger partial charge in [0.1, 0.15) is 12.1 Å². The van der Waals surface area contributed by atoms with E-state index in [2.05, 4.69) is 30.9 Å². The largest absolute Gasteiger partial charge is 0.383 e. The van der Waals surface area contributed by atoms with E-state index in [0.717, 1.165) is 0 Å². The summed E-state index contributed by atoms with van der Waals surface area (Å²) < 4.78 is 15.8. The second-order valence-corrected chi connectivity index (χ2v) is 5.25. The molecule has 0 aromatic carbocycles. The maximum Gasteiger partial charge on any atom is 0.246 e. The molecule has 2 unspecified atom stereocenters. The topological polar surface area (TPSA) is 83.4 Å². The third-order valence-corrected chi connectivity index (χ3v) is 2.48. The first-order valence-electron chi connectivity index (χ1n) is 6.09. The van der Waals surface area contributed by atoms with Crippen LogP contribution >= 0.6 is 0 Å². The van der Waals surface area contributed by atoms with E-state index in [9.17, 15) is 0 Å². The first kappa shape index (κ1) is 15.1. The quantitative estimate of drug-likeness (QED) is 0.837. The molecule has 0 aliphatic rings. The van der Waals surface area contributed by atoms with Gasteiger partial charge in [-0.2, -0.15) is 4.98 Å². The maximum atomic E-state index is 5.84. The average molecular weight is 257 g/mol. The third-order valence-electron chi connectivity index (χ3n) is 2.48. The number of aromatic nitrogens is 2. The van der Waals surface area contributed by atoms with Gasteiger partial charge in [0.2, 0.25) is 11.7 Å². The molecule has 6 nitrogen and oxygen atoms in total. The smallest absolute Gasteiger partial charge is 0.246 e. The molecule has 0 bridgehead atoms. The summed E-state index contributed by atoms with van der Waals surface area (Å²) in [5, 5.41) is 3.96. The Morgan fingerprint density at radius 1 is 1.39 bits per heavy atom. The maximum absolute atomic E-state index is 5.84. The molecule has 104 valence electrons. The normalized spacial score (nSPS) is 15.7. The number of methoxy groups -OCH3 is 1. The van der Waals surface area contributed by atoms with Crippen molar-refractivity contribution in [3.63, 3.8) is 0 Å². The van der Waals surface area contributed by atoms with Crippen LogP contribution in [0.2, 0.25) is 0 Å². The summed E-state index contributed by atoms with van der Waals surface area (Å²) >= 11 is 0. The predicted octanol–water partition coefficient (Wildman–Crippen LogP) is 1.84. The number of nitrogens with two attached hydrogens (primary N) is 1. The van der Waals surface area contributed by atoms with Gasteiger partial charge in [-0.3, -0.25) is 0 Å². The van der Waals surface area contributed by atoms with Crippen molar-refractivity contribution in [2.24, 2.45) is 11.1 Å². The number of rotatable bonds is 6. The molecule has 1 rings (SSSR count). The van der Waals surface area contributed by atoms with E-state index in [1.54, 1.807) is 7.11 Å². The van der Waals surface area contributed by atoms with Gasteiger partial charge in [0.05, 0.1) is 6.61 Å². The van der Waals surface area contributed by atoms with Crippen LogP contribution in [0.1, 0.15) is 51.6 Å². The van der Waals surface area contributed by atoms with Gasteiger partial charge < -0.3 is 19.7 Å². The van der Waals surface area contributed by atoms with Gasteiger partial charge in [0.25, 0.3) is 0 Å². The molecule has 0 amide bonds. The molecule has 0 aliphatic carbocycles. The first-order chi connectivity index (χ1) is 8.40. The Hall–Kier alpha value is -0.980. The summed E-state index contributed by atoms with van der Waals surface area (Å²) in [7, 11) is 1.58. The van der Waals surface area contributed by atoms with Crippen LogP contribution in [-0.4, -0.2) is 30.5 Å². The Labute approximate surface area is 108 Å². The van der Waals surface area contributed by atoms with Gasteiger partial charge in [-0.25, -0.2) is 0 Å². The minimum Gasteiger partial charge on any atom is -0.383 e. The predicted molar refractivity (Wildman–Crippen MR) is 66.9 cm³/mol. The molecule has 0 fully saturated rings. The summed E-state index contributed by atoms with van der Waals surface area (Å²) in [6.07, 6.45) is -0.213. The molecule has 1 aromatic heterocycles. The Morgan fingerprint density at radius 3 is 2.56 bits per heavy atom. The molecule has 0 saturated carbocycles. The van der Waals surface area contributed by atoms with Gasteiger partial charge in [-0.15, -0.1) is 0 Å². The van der Waals surface area contributed by atoms with Gasteiger partial charge in [0, 0.05) is 13.7 Å². The zero-order valence-corrected chi connectivity index (χ0v) is 11.8. The fourth-order valence-corrected chi connectivity index (χ4v) is 1.63. The zero-order chi connectivity index (χ0) is 13.8. The van der Waals surface area contributed by atoms with Crippen LogP contribution in [0.4, 0.5) is 0 Å². The fourth-order valence-electron chi connectivity index (χ4n) is 1.63. The molecular formula is C12H23N3O3. The van der Waals surface area contributed by atoms with Crippen molar-refractivity contribution in [2.45, 2.75) is 39.8 Å². The monoisotopic (exact) mass is 257 g/mol. The standard InChI is InChI=1S/C12H23N3O3/c1-6-17-9(12(2,3)4)10-14-11(18-15-10)8(13)7-16-5/h8-9H,6-7,13H2,1-5H3. The lowest BCUT2D eigenvalue weighted by atomic mass is 9.88.